The average molecular weight is 186 g/mol. The lowest BCUT2D eigenvalue weighted by Gasteiger charge is -2.23. The Labute approximate surface area is 87.0 Å². The van der Waals surface area contributed by atoms with Crippen LogP contribution in [0.2, 0.25) is 0 Å². The minimum Gasteiger partial charge on any atom is -0.0987 e. The molecule has 0 aromatic rings. The van der Waals surface area contributed by atoms with Crippen LogP contribution in [0, 0.1) is 5.41 Å². The van der Waals surface area contributed by atoms with Crippen molar-refractivity contribution in [3.8, 4) is 0 Å². The zero-order valence-corrected chi connectivity index (χ0v) is 9.35. The molecule has 0 fully saturated rings. The number of hydrogen-bond donors (Lipinski definition) is 0. The first-order valence-electron chi connectivity index (χ1n) is 4.84. The van der Waals surface area contributed by atoms with E-state index >= 15 is 0 Å². The third-order valence-electron chi connectivity index (χ3n) is 3.21. The van der Waals surface area contributed by atoms with Crippen LogP contribution < -0.4 is 0 Å². The number of hydrogen-bond acceptors (Lipinski definition) is 0. The minimum absolute atomic E-state index is 0.0643. The predicted octanol–water partition coefficient (Wildman–Crippen LogP) is 4.20. The van der Waals surface area contributed by atoms with E-state index in [1.165, 1.54) is 22.3 Å². The Morgan fingerprint density at radius 3 is 1.79 bits per heavy atom. The summed E-state index contributed by atoms with van der Waals surface area (Å²) in [6.07, 6.45) is 5.73. The van der Waals surface area contributed by atoms with Gasteiger partial charge in [0.05, 0.1) is 0 Å². The average Bonchev–Trinajstić information content (AvgIpc) is 2.34. The summed E-state index contributed by atoms with van der Waals surface area (Å²) in [6, 6.07) is 0. The fourth-order valence-corrected chi connectivity index (χ4v) is 2.07. The lowest BCUT2D eigenvalue weighted by molar-refractivity contribution is 0.562. The summed E-state index contributed by atoms with van der Waals surface area (Å²) in [6.45, 7) is 18.1. The summed E-state index contributed by atoms with van der Waals surface area (Å²) in [5, 5.41) is 0. The van der Waals surface area contributed by atoms with Crippen LogP contribution in [-0.2, 0) is 0 Å². The summed E-state index contributed by atoms with van der Waals surface area (Å²) in [5.74, 6) is 0. The molecule has 0 N–H and O–H groups in total. The Kier molecular flexibility index (Phi) is 2.66. The molecule has 0 aromatic carbocycles. The monoisotopic (exact) mass is 186 g/mol. The van der Waals surface area contributed by atoms with E-state index < -0.39 is 0 Å². The maximum atomic E-state index is 3.87. The van der Waals surface area contributed by atoms with Crippen molar-refractivity contribution in [2.45, 2.75) is 20.8 Å². The van der Waals surface area contributed by atoms with Gasteiger partial charge in [0.15, 0.2) is 0 Å². The predicted molar refractivity (Wildman–Crippen MR) is 64.1 cm³/mol. The third-order valence-corrected chi connectivity index (χ3v) is 3.21. The normalized spacial score (nSPS) is 19.9. The minimum atomic E-state index is 0.0643. The molecule has 0 amide bonds. The lowest BCUT2D eigenvalue weighted by Crippen LogP contribution is -2.11. The van der Waals surface area contributed by atoms with Gasteiger partial charge in [-0.3, -0.25) is 0 Å². The molecule has 0 nitrogen and oxygen atoms in total. The highest BCUT2D eigenvalue weighted by Gasteiger charge is 2.33. The lowest BCUT2D eigenvalue weighted by atomic mass is 9.81. The molecule has 0 bridgehead atoms. The first kappa shape index (κ1) is 10.8. The molecule has 0 aliphatic heterocycles. The summed E-state index contributed by atoms with van der Waals surface area (Å²) in [5.41, 5.74) is 5.05. The van der Waals surface area contributed by atoms with Crippen LogP contribution >= 0.6 is 0 Å². The van der Waals surface area contributed by atoms with Crippen LogP contribution in [0.1, 0.15) is 20.8 Å². The molecule has 1 aliphatic rings. The van der Waals surface area contributed by atoms with Gasteiger partial charge in [0.25, 0.3) is 0 Å². The van der Waals surface area contributed by atoms with Crippen molar-refractivity contribution in [1.82, 2.24) is 0 Å². The maximum absolute atomic E-state index is 3.87. The Balaban J connectivity index is 3.50. The zero-order valence-electron chi connectivity index (χ0n) is 9.35. The van der Waals surface area contributed by atoms with E-state index in [1.807, 2.05) is 18.2 Å². The van der Waals surface area contributed by atoms with Gasteiger partial charge in [-0.25, -0.2) is 0 Å². The van der Waals surface area contributed by atoms with Crippen LogP contribution in [-0.4, -0.2) is 0 Å². The van der Waals surface area contributed by atoms with E-state index in [0.29, 0.717) is 0 Å². The van der Waals surface area contributed by atoms with Crippen LogP contribution in [0.5, 0.6) is 0 Å². The Morgan fingerprint density at radius 1 is 0.929 bits per heavy atom. The van der Waals surface area contributed by atoms with Gasteiger partial charge in [0.1, 0.15) is 0 Å². The van der Waals surface area contributed by atoms with Gasteiger partial charge in [0.2, 0.25) is 0 Å². The molecule has 14 heavy (non-hydrogen) atoms. The van der Waals surface area contributed by atoms with Crippen LogP contribution in [0.25, 0.3) is 0 Å². The molecule has 0 heterocycles. The summed E-state index contributed by atoms with van der Waals surface area (Å²) in [7, 11) is 0. The van der Waals surface area contributed by atoms with Gasteiger partial charge < -0.3 is 0 Å². The Bertz CT molecular complexity index is 359. The quantitative estimate of drug-likeness (QED) is 0.619. The second kappa shape index (κ2) is 3.45. The highest BCUT2D eigenvalue weighted by atomic mass is 14.4. The van der Waals surface area contributed by atoms with E-state index in [0.717, 1.165) is 0 Å². The molecule has 0 saturated heterocycles. The largest absolute Gasteiger partial charge is 0.0987 e. The first-order valence-corrected chi connectivity index (χ1v) is 4.84. The first-order chi connectivity index (χ1) is 6.50. The van der Waals surface area contributed by atoms with Crippen LogP contribution in [0.4, 0.5) is 0 Å². The van der Waals surface area contributed by atoms with E-state index in [4.69, 9.17) is 0 Å². The van der Waals surface area contributed by atoms with Gasteiger partial charge in [0, 0.05) is 5.41 Å². The van der Waals surface area contributed by atoms with Gasteiger partial charge in [-0.15, -0.1) is 0 Å². The summed E-state index contributed by atoms with van der Waals surface area (Å²) in [4.78, 5) is 0. The topological polar surface area (TPSA) is 0 Å². The fraction of sp³-hybridized carbons (Fsp3) is 0.286. The Morgan fingerprint density at radius 2 is 1.43 bits per heavy atom. The van der Waals surface area contributed by atoms with Crippen molar-refractivity contribution in [3.63, 3.8) is 0 Å². The molecule has 0 spiro atoms. The molecule has 0 saturated carbocycles. The second-order valence-electron chi connectivity index (χ2n) is 4.10. The van der Waals surface area contributed by atoms with Crippen LogP contribution in [0.15, 0.2) is 60.3 Å². The maximum Gasteiger partial charge on any atom is 0.0117 e. The van der Waals surface area contributed by atoms with Gasteiger partial charge >= 0.3 is 0 Å². The number of allylic oxidation sites excluding steroid dienone is 7. The van der Waals surface area contributed by atoms with Crippen molar-refractivity contribution in [2.75, 3.05) is 0 Å². The summed E-state index contributed by atoms with van der Waals surface area (Å²) >= 11 is 0. The number of rotatable bonds is 3. The highest BCUT2D eigenvalue weighted by molar-refractivity contribution is 5.62. The van der Waals surface area contributed by atoms with Gasteiger partial charge in [-0.1, -0.05) is 57.4 Å². The van der Waals surface area contributed by atoms with Crippen molar-refractivity contribution >= 4 is 0 Å². The molecule has 0 heteroatoms. The third kappa shape index (κ3) is 1.22. The highest BCUT2D eigenvalue weighted by Crippen LogP contribution is 2.47. The van der Waals surface area contributed by atoms with Gasteiger partial charge in [-0.2, -0.15) is 0 Å². The van der Waals surface area contributed by atoms with Crippen molar-refractivity contribution in [1.29, 1.82) is 0 Å². The molecule has 0 aromatic heterocycles. The van der Waals surface area contributed by atoms with E-state index in [1.54, 1.807) is 0 Å². The standard InChI is InChI=1S/C14H18/c1-7-11-10(4)14(5,6)13(9-3)12(11)8-2/h7-9H,1-3H2,4-6H3. The molecule has 74 valence electrons. The molecular formula is C14H18. The second-order valence-corrected chi connectivity index (χ2v) is 4.10. The van der Waals surface area contributed by atoms with Gasteiger partial charge in [-0.05, 0) is 23.6 Å². The Hall–Kier alpha value is -1.30. The fourth-order valence-electron chi connectivity index (χ4n) is 2.07. The zero-order chi connectivity index (χ0) is 10.9. The molecule has 1 aliphatic carbocycles. The molecular weight excluding hydrogens is 168 g/mol. The molecule has 1 rings (SSSR count). The van der Waals surface area contributed by atoms with Crippen molar-refractivity contribution < 1.29 is 0 Å². The molecule has 0 atom stereocenters. The van der Waals surface area contributed by atoms with Crippen molar-refractivity contribution in [2.24, 2.45) is 5.41 Å². The smallest absolute Gasteiger partial charge is 0.0117 e. The van der Waals surface area contributed by atoms with E-state index in [9.17, 15) is 0 Å². The van der Waals surface area contributed by atoms with Crippen LogP contribution in [0.3, 0.4) is 0 Å². The van der Waals surface area contributed by atoms with E-state index in [2.05, 4.69) is 40.5 Å². The molecule has 0 unspecified atom stereocenters. The summed E-state index contributed by atoms with van der Waals surface area (Å²) < 4.78 is 0. The van der Waals surface area contributed by atoms with Crippen molar-refractivity contribution in [3.05, 3.63) is 60.3 Å². The van der Waals surface area contributed by atoms with E-state index in [-0.39, 0.29) is 5.41 Å². The SMILES string of the molecule is C=CC1=C(C)C(C)(C)C(C=C)=C1C=C. The molecule has 0 radical (unpaired) electrons.